The van der Waals surface area contributed by atoms with Crippen LogP contribution in [0.4, 0.5) is 0 Å². The second-order valence-electron chi connectivity index (χ2n) is 9.45. The lowest BCUT2D eigenvalue weighted by Crippen LogP contribution is -2.42. The number of aliphatic carboxylic acids is 1. The number of nitrogens with zero attached hydrogens (tertiary/aromatic N) is 2. The molecule has 8 heteroatoms. The van der Waals surface area contributed by atoms with Gasteiger partial charge in [0.05, 0.1) is 18.3 Å². The standard InChI is InChI=1S/C29H30N4O4/c34-28(21-9-10-22-18-30-33-26(22)17-21)32-27(29(35)36)16-19-7-13-24(14-8-19)37-15-3-5-23-12-11-20-4-1-2-6-25(20)31-23/h7-14,17-18,27H,1-6,15-16H2,(H,30,33)(H,32,34)(H,35,36). The molecular weight excluding hydrogens is 468 g/mol. The van der Waals surface area contributed by atoms with Gasteiger partial charge in [0.15, 0.2) is 0 Å². The van der Waals surface area contributed by atoms with Crippen LogP contribution in [-0.4, -0.2) is 44.8 Å². The number of nitrogens with one attached hydrogen (secondary N) is 2. The number of hydrogen-bond acceptors (Lipinski definition) is 5. The Bertz CT molecular complexity index is 1400. The van der Waals surface area contributed by atoms with E-state index in [9.17, 15) is 14.7 Å². The van der Waals surface area contributed by atoms with Crippen LogP contribution in [-0.2, 0) is 30.5 Å². The Morgan fingerprint density at radius 1 is 1.05 bits per heavy atom. The molecule has 2 aromatic heterocycles. The third-order valence-corrected chi connectivity index (χ3v) is 6.75. The fraction of sp³-hybridized carbons (Fsp3) is 0.310. The fourth-order valence-corrected chi connectivity index (χ4v) is 4.69. The number of H-pyrrole nitrogens is 1. The number of carbonyl (C=O) groups is 2. The molecule has 8 nitrogen and oxygen atoms in total. The van der Waals surface area contributed by atoms with Gasteiger partial charge in [-0.1, -0.05) is 24.3 Å². The van der Waals surface area contributed by atoms with E-state index < -0.39 is 17.9 Å². The lowest BCUT2D eigenvalue weighted by Gasteiger charge is -2.16. The zero-order valence-corrected chi connectivity index (χ0v) is 20.6. The summed E-state index contributed by atoms with van der Waals surface area (Å²) in [6.45, 7) is 0.576. The monoisotopic (exact) mass is 498 g/mol. The first kappa shape index (κ1) is 24.5. The molecule has 4 aromatic rings. The van der Waals surface area contributed by atoms with E-state index in [2.05, 4.69) is 27.6 Å². The van der Waals surface area contributed by atoms with Crippen LogP contribution in [0.2, 0.25) is 0 Å². The Hall–Kier alpha value is -4.20. The first-order valence-corrected chi connectivity index (χ1v) is 12.7. The number of fused-ring (bicyclic) bond motifs is 2. The van der Waals surface area contributed by atoms with Crippen LogP contribution in [0.3, 0.4) is 0 Å². The van der Waals surface area contributed by atoms with Gasteiger partial charge in [0.1, 0.15) is 11.8 Å². The quantitative estimate of drug-likeness (QED) is 0.281. The average molecular weight is 499 g/mol. The number of carboxylic acids is 1. The summed E-state index contributed by atoms with van der Waals surface area (Å²) in [7, 11) is 0. The average Bonchev–Trinajstić information content (AvgIpc) is 3.39. The number of pyridine rings is 1. The molecule has 0 fully saturated rings. The molecule has 37 heavy (non-hydrogen) atoms. The van der Waals surface area contributed by atoms with E-state index in [4.69, 9.17) is 9.72 Å². The molecule has 0 spiro atoms. The SMILES string of the molecule is O=C(NC(Cc1ccc(OCCCc2ccc3c(n2)CCCC3)cc1)C(=O)O)c1ccc2cn[nH]c2c1. The van der Waals surface area contributed by atoms with Crippen molar-refractivity contribution in [3.05, 3.63) is 88.9 Å². The van der Waals surface area contributed by atoms with Crippen LogP contribution in [0.5, 0.6) is 5.75 Å². The lowest BCUT2D eigenvalue weighted by atomic mass is 9.95. The molecule has 0 saturated carbocycles. The third kappa shape index (κ3) is 6.14. The fourth-order valence-electron chi connectivity index (χ4n) is 4.69. The maximum absolute atomic E-state index is 12.7. The van der Waals surface area contributed by atoms with E-state index in [0.29, 0.717) is 17.7 Å². The van der Waals surface area contributed by atoms with Gasteiger partial charge in [-0.05, 0) is 80.0 Å². The van der Waals surface area contributed by atoms with Gasteiger partial charge < -0.3 is 15.2 Å². The smallest absolute Gasteiger partial charge is 0.326 e. The number of aromatic amines is 1. The van der Waals surface area contributed by atoms with Gasteiger partial charge in [0.2, 0.25) is 0 Å². The summed E-state index contributed by atoms with van der Waals surface area (Å²) in [4.78, 5) is 29.3. The van der Waals surface area contributed by atoms with E-state index in [-0.39, 0.29) is 6.42 Å². The first-order valence-electron chi connectivity index (χ1n) is 12.7. The largest absolute Gasteiger partial charge is 0.494 e. The summed E-state index contributed by atoms with van der Waals surface area (Å²) in [6.07, 6.45) is 8.28. The van der Waals surface area contributed by atoms with Gasteiger partial charge in [0.25, 0.3) is 5.91 Å². The predicted molar refractivity (Wildman–Crippen MR) is 140 cm³/mol. The van der Waals surface area contributed by atoms with Crippen LogP contribution in [0.1, 0.15) is 52.1 Å². The minimum absolute atomic E-state index is 0.164. The maximum atomic E-state index is 12.7. The Kier molecular flexibility index (Phi) is 7.44. The molecule has 0 radical (unpaired) electrons. The van der Waals surface area contributed by atoms with Crippen molar-refractivity contribution in [3.8, 4) is 5.75 Å². The van der Waals surface area contributed by atoms with Crippen molar-refractivity contribution in [1.82, 2.24) is 20.5 Å². The molecule has 1 aliphatic carbocycles. The minimum Gasteiger partial charge on any atom is -0.494 e. The highest BCUT2D eigenvalue weighted by Gasteiger charge is 2.21. The van der Waals surface area contributed by atoms with Crippen LogP contribution >= 0.6 is 0 Å². The summed E-state index contributed by atoms with van der Waals surface area (Å²) in [5.41, 5.74) is 5.65. The second-order valence-corrected chi connectivity index (χ2v) is 9.45. The third-order valence-electron chi connectivity index (χ3n) is 6.75. The van der Waals surface area contributed by atoms with E-state index >= 15 is 0 Å². The van der Waals surface area contributed by atoms with E-state index in [0.717, 1.165) is 48.1 Å². The van der Waals surface area contributed by atoms with Crippen LogP contribution in [0.15, 0.2) is 60.8 Å². The number of ether oxygens (including phenoxy) is 1. The molecule has 1 atom stereocenters. The van der Waals surface area contributed by atoms with Crippen molar-refractivity contribution in [1.29, 1.82) is 0 Å². The predicted octanol–water partition coefficient (Wildman–Crippen LogP) is 4.27. The van der Waals surface area contributed by atoms with Crippen molar-refractivity contribution in [3.63, 3.8) is 0 Å². The minimum atomic E-state index is -1.09. The maximum Gasteiger partial charge on any atom is 0.326 e. The summed E-state index contributed by atoms with van der Waals surface area (Å²) in [5, 5.41) is 19.9. The van der Waals surface area contributed by atoms with Crippen molar-refractivity contribution in [2.75, 3.05) is 6.61 Å². The summed E-state index contributed by atoms with van der Waals surface area (Å²) < 4.78 is 5.88. The number of carbonyl (C=O) groups excluding carboxylic acids is 1. The number of aryl methyl sites for hydroxylation is 3. The van der Waals surface area contributed by atoms with Crippen molar-refractivity contribution in [2.24, 2.45) is 0 Å². The first-order chi connectivity index (χ1) is 18.0. The van der Waals surface area contributed by atoms with E-state index in [1.165, 1.54) is 24.1 Å². The Balaban J connectivity index is 1.11. The Morgan fingerprint density at radius 3 is 2.73 bits per heavy atom. The summed E-state index contributed by atoms with van der Waals surface area (Å²) in [6, 6.07) is 15.7. The van der Waals surface area contributed by atoms with Gasteiger partial charge in [-0.15, -0.1) is 0 Å². The molecular formula is C29H30N4O4. The molecule has 3 N–H and O–H groups in total. The molecule has 0 aliphatic heterocycles. The number of carboxylic acid groups (broad SMARTS) is 1. The number of aromatic nitrogens is 3. The van der Waals surface area contributed by atoms with E-state index in [1.54, 1.807) is 24.4 Å². The highest BCUT2D eigenvalue weighted by Crippen LogP contribution is 2.20. The van der Waals surface area contributed by atoms with Gasteiger partial charge in [0, 0.05) is 28.8 Å². The van der Waals surface area contributed by atoms with Gasteiger partial charge in [-0.3, -0.25) is 14.9 Å². The zero-order chi connectivity index (χ0) is 25.6. The lowest BCUT2D eigenvalue weighted by molar-refractivity contribution is -0.139. The highest BCUT2D eigenvalue weighted by atomic mass is 16.5. The molecule has 1 unspecified atom stereocenters. The number of rotatable bonds is 10. The zero-order valence-electron chi connectivity index (χ0n) is 20.6. The van der Waals surface area contributed by atoms with Gasteiger partial charge in [-0.25, -0.2) is 4.79 Å². The molecule has 0 saturated heterocycles. The van der Waals surface area contributed by atoms with Crippen LogP contribution in [0, 0.1) is 0 Å². The molecule has 2 heterocycles. The molecule has 190 valence electrons. The van der Waals surface area contributed by atoms with Crippen LogP contribution in [0.25, 0.3) is 10.9 Å². The summed E-state index contributed by atoms with van der Waals surface area (Å²) in [5.74, 6) is -0.810. The number of amides is 1. The molecule has 1 aliphatic rings. The van der Waals surface area contributed by atoms with Gasteiger partial charge in [-0.2, -0.15) is 5.10 Å². The van der Waals surface area contributed by atoms with E-state index in [1.807, 2.05) is 24.3 Å². The van der Waals surface area contributed by atoms with Crippen molar-refractivity contribution in [2.45, 2.75) is 51.0 Å². The molecule has 0 bridgehead atoms. The highest BCUT2D eigenvalue weighted by molar-refractivity contribution is 5.99. The second kappa shape index (κ2) is 11.2. The number of benzene rings is 2. The topological polar surface area (TPSA) is 117 Å². The normalized spacial score (nSPS) is 13.6. The molecule has 2 aromatic carbocycles. The Labute approximate surface area is 215 Å². The van der Waals surface area contributed by atoms with Crippen molar-refractivity contribution < 1.29 is 19.4 Å². The summed E-state index contributed by atoms with van der Waals surface area (Å²) >= 11 is 0. The Morgan fingerprint density at radius 2 is 1.89 bits per heavy atom. The van der Waals surface area contributed by atoms with Crippen LogP contribution < -0.4 is 10.1 Å². The number of hydrogen-bond donors (Lipinski definition) is 3. The molecule has 1 amide bonds. The van der Waals surface area contributed by atoms with Gasteiger partial charge >= 0.3 is 5.97 Å². The molecule has 5 rings (SSSR count). The van der Waals surface area contributed by atoms with Crippen molar-refractivity contribution >= 4 is 22.8 Å².